The SMILES string of the molecule is COCc1ccc(CNC(=O)Nc2ccc(N3CCOCC3)nc2)cc1. The minimum Gasteiger partial charge on any atom is -0.380 e. The molecule has 0 atom stereocenters. The normalized spacial score (nSPS) is 14.1. The lowest BCUT2D eigenvalue weighted by molar-refractivity contribution is 0.122. The van der Waals surface area contributed by atoms with Gasteiger partial charge in [0.25, 0.3) is 0 Å². The first kappa shape index (κ1) is 18.2. The second kappa shape index (κ2) is 9.17. The third-order valence-corrected chi connectivity index (χ3v) is 4.13. The second-order valence-electron chi connectivity index (χ2n) is 6.06. The highest BCUT2D eigenvalue weighted by Crippen LogP contribution is 2.15. The Morgan fingerprint density at radius 2 is 1.88 bits per heavy atom. The van der Waals surface area contributed by atoms with E-state index in [0.29, 0.717) is 18.8 Å². The van der Waals surface area contributed by atoms with Crippen molar-refractivity contribution in [2.24, 2.45) is 0 Å². The Labute approximate surface area is 153 Å². The van der Waals surface area contributed by atoms with Crippen LogP contribution in [0.1, 0.15) is 11.1 Å². The van der Waals surface area contributed by atoms with Crippen LogP contribution < -0.4 is 15.5 Å². The number of hydrogen-bond donors (Lipinski definition) is 2. The Balaban J connectivity index is 1.46. The predicted octanol–water partition coefficient (Wildman–Crippen LogP) is 2.39. The number of morpholine rings is 1. The molecule has 0 spiro atoms. The number of nitrogens with one attached hydrogen (secondary N) is 2. The zero-order valence-corrected chi connectivity index (χ0v) is 14.9. The van der Waals surface area contributed by atoms with Crippen molar-refractivity contribution in [1.29, 1.82) is 0 Å². The molecular weight excluding hydrogens is 332 g/mol. The number of anilines is 2. The smallest absolute Gasteiger partial charge is 0.319 e. The lowest BCUT2D eigenvalue weighted by Gasteiger charge is -2.27. The molecule has 2 N–H and O–H groups in total. The third-order valence-electron chi connectivity index (χ3n) is 4.13. The largest absolute Gasteiger partial charge is 0.380 e. The van der Waals surface area contributed by atoms with Crippen molar-refractivity contribution in [3.63, 3.8) is 0 Å². The molecule has 0 saturated carbocycles. The maximum absolute atomic E-state index is 12.0. The average molecular weight is 356 g/mol. The molecule has 2 aromatic rings. The molecule has 1 saturated heterocycles. The van der Waals surface area contributed by atoms with E-state index in [-0.39, 0.29) is 6.03 Å². The maximum Gasteiger partial charge on any atom is 0.319 e. The molecule has 2 amide bonds. The van der Waals surface area contributed by atoms with E-state index in [9.17, 15) is 4.79 Å². The number of hydrogen-bond acceptors (Lipinski definition) is 5. The number of benzene rings is 1. The molecule has 1 fully saturated rings. The monoisotopic (exact) mass is 356 g/mol. The molecule has 2 heterocycles. The molecule has 1 aliphatic rings. The number of aromatic nitrogens is 1. The number of urea groups is 1. The first-order valence-electron chi connectivity index (χ1n) is 8.65. The summed E-state index contributed by atoms with van der Waals surface area (Å²) in [5.41, 5.74) is 2.79. The standard InChI is InChI=1S/C19H24N4O3/c1-25-14-16-4-2-15(3-5-16)12-21-19(24)22-17-6-7-18(20-13-17)23-8-10-26-11-9-23/h2-7,13H,8-12,14H2,1H3,(H2,21,22,24). The van der Waals surface area contributed by atoms with Crippen molar-refractivity contribution < 1.29 is 14.3 Å². The van der Waals surface area contributed by atoms with Gasteiger partial charge in [-0.3, -0.25) is 0 Å². The van der Waals surface area contributed by atoms with Crippen LogP contribution in [0.4, 0.5) is 16.3 Å². The Hall–Kier alpha value is -2.64. The van der Waals surface area contributed by atoms with E-state index < -0.39 is 0 Å². The Bertz CT molecular complexity index is 698. The van der Waals surface area contributed by atoms with Gasteiger partial charge in [-0.25, -0.2) is 9.78 Å². The zero-order valence-electron chi connectivity index (χ0n) is 14.9. The third kappa shape index (κ3) is 5.18. The second-order valence-corrected chi connectivity index (χ2v) is 6.06. The Morgan fingerprint density at radius 1 is 1.15 bits per heavy atom. The molecule has 138 valence electrons. The van der Waals surface area contributed by atoms with Crippen molar-refractivity contribution in [3.8, 4) is 0 Å². The van der Waals surface area contributed by atoms with Gasteiger partial charge in [-0.05, 0) is 23.3 Å². The Morgan fingerprint density at radius 3 is 2.54 bits per heavy atom. The number of carbonyl (C=O) groups is 1. The summed E-state index contributed by atoms with van der Waals surface area (Å²) in [6.45, 7) is 4.15. The molecule has 7 heteroatoms. The van der Waals surface area contributed by atoms with Crippen molar-refractivity contribution >= 4 is 17.5 Å². The van der Waals surface area contributed by atoms with Gasteiger partial charge in [0, 0.05) is 26.7 Å². The number of nitrogens with zero attached hydrogens (tertiary/aromatic N) is 2. The van der Waals surface area contributed by atoms with Crippen molar-refractivity contribution in [2.75, 3.05) is 43.6 Å². The quantitative estimate of drug-likeness (QED) is 0.831. The van der Waals surface area contributed by atoms with Gasteiger partial charge in [0.2, 0.25) is 0 Å². The number of amides is 2. The van der Waals surface area contributed by atoms with Gasteiger partial charge < -0.3 is 25.0 Å². The molecule has 0 unspecified atom stereocenters. The fourth-order valence-electron chi connectivity index (χ4n) is 2.72. The van der Waals surface area contributed by atoms with Crippen LogP contribution in [0.25, 0.3) is 0 Å². The first-order valence-corrected chi connectivity index (χ1v) is 8.65. The highest BCUT2D eigenvalue weighted by atomic mass is 16.5. The first-order chi connectivity index (χ1) is 12.7. The lowest BCUT2D eigenvalue weighted by Crippen LogP contribution is -2.36. The summed E-state index contributed by atoms with van der Waals surface area (Å²) in [4.78, 5) is 18.6. The van der Waals surface area contributed by atoms with Gasteiger partial charge in [-0.1, -0.05) is 24.3 Å². The van der Waals surface area contributed by atoms with Gasteiger partial charge >= 0.3 is 6.03 Å². The van der Waals surface area contributed by atoms with Crippen molar-refractivity contribution in [3.05, 3.63) is 53.7 Å². The van der Waals surface area contributed by atoms with Gasteiger partial charge in [-0.15, -0.1) is 0 Å². The molecule has 1 aromatic heterocycles. The van der Waals surface area contributed by atoms with E-state index in [1.807, 2.05) is 36.4 Å². The minimum absolute atomic E-state index is 0.258. The average Bonchev–Trinajstić information content (AvgIpc) is 2.69. The van der Waals surface area contributed by atoms with Crippen LogP contribution in [0.15, 0.2) is 42.6 Å². The Kier molecular flexibility index (Phi) is 6.40. The molecule has 0 bridgehead atoms. The van der Waals surface area contributed by atoms with Crippen LogP contribution in [-0.4, -0.2) is 44.4 Å². The fourth-order valence-corrected chi connectivity index (χ4v) is 2.72. The van der Waals surface area contributed by atoms with E-state index in [0.717, 1.165) is 43.2 Å². The summed E-state index contributed by atoms with van der Waals surface area (Å²) in [5, 5.41) is 5.64. The fraction of sp³-hybridized carbons (Fsp3) is 0.368. The summed E-state index contributed by atoms with van der Waals surface area (Å²) < 4.78 is 10.4. The summed E-state index contributed by atoms with van der Waals surface area (Å²) in [6.07, 6.45) is 1.67. The van der Waals surface area contributed by atoms with Gasteiger partial charge in [-0.2, -0.15) is 0 Å². The molecule has 1 aliphatic heterocycles. The van der Waals surface area contributed by atoms with Gasteiger partial charge in [0.15, 0.2) is 0 Å². The van der Waals surface area contributed by atoms with Crippen molar-refractivity contribution in [1.82, 2.24) is 10.3 Å². The number of rotatable bonds is 6. The predicted molar refractivity (Wildman–Crippen MR) is 100 cm³/mol. The van der Waals surface area contributed by atoms with Crippen LogP contribution >= 0.6 is 0 Å². The highest BCUT2D eigenvalue weighted by molar-refractivity contribution is 5.89. The van der Waals surface area contributed by atoms with Crippen molar-refractivity contribution in [2.45, 2.75) is 13.2 Å². The molecular formula is C19H24N4O3. The van der Waals surface area contributed by atoms with Crippen LogP contribution in [0.2, 0.25) is 0 Å². The van der Waals surface area contributed by atoms with E-state index in [1.165, 1.54) is 0 Å². The van der Waals surface area contributed by atoms with Gasteiger partial charge in [0.1, 0.15) is 5.82 Å². The highest BCUT2D eigenvalue weighted by Gasteiger charge is 2.12. The molecule has 0 radical (unpaired) electrons. The number of pyridine rings is 1. The van der Waals surface area contributed by atoms with E-state index in [2.05, 4.69) is 20.5 Å². The summed E-state index contributed by atoms with van der Waals surface area (Å²) in [6, 6.07) is 11.5. The lowest BCUT2D eigenvalue weighted by atomic mass is 10.1. The number of carbonyl (C=O) groups excluding carboxylic acids is 1. The molecule has 0 aliphatic carbocycles. The summed E-state index contributed by atoms with van der Waals surface area (Å²) >= 11 is 0. The number of methoxy groups -OCH3 is 1. The van der Waals surface area contributed by atoms with E-state index in [1.54, 1.807) is 13.3 Å². The molecule has 3 rings (SSSR count). The van der Waals surface area contributed by atoms with E-state index in [4.69, 9.17) is 9.47 Å². The topological polar surface area (TPSA) is 75.7 Å². The molecule has 7 nitrogen and oxygen atoms in total. The van der Waals surface area contributed by atoms with Crippen LogP contribution in [0.5, 0.6) is 0 Å². The van der Waals surface area contributed by atoms with E-state index >= 15 is 0 Å². The molecule has 26 heavy (non-hydrogen) atoms. The summed E-state index contributed by atoms with van der Waals surface area (Å²) in [5.74, 6) is 0.899. The summed E-state index contributed by atoms with van der Waals surface area (Å²) in [7, 11) is 1.67. The minimum atomic E-state index is -0.258. The zero-order chi connectivity index (χ0) is 18.2. The van der Waals surface area contributed by atoms with Crippen LogP contribution in [0.3, 0.4) is 0 Å². The molecule has 1 aromatic carbocycles. The maximum atomic E-state index is 12.0. The number of ether oxygens (including phenoxy) is 2. The van der Waals surface area contributed by atoms with Gasteiger partial charge in [0.05, 0.1) is 31.7 Å². The van der Waals surface area contributed by atoms with Crippen LogP contribution in [0, 0.1) is 0 Å². The van der Waals surface area contributed by atoms with Crippen LogP contribution in [-0.2, 0) is 22.6 Å².